The Morgan fingerprint density at radius 3 is 2.95 bits per heavy atom. The van der Waals surface area contributed by atoms with Gasteiger partial charge in [0.1, 0.15) is 11.9 Å². The van der Waals surface area contributed by atoms with E-state index in [-0.39, 0.29) is 11.5 Å². The molecule has 0 aliphatic carbocycles. The van der Waals surface area contributed by atoms with Crippen LogP contribution in [0.2, 0.25) is 0 Å². The van der Waals surface area contributed by atoms with Gasteiger partial charge in [-0.15, -0.1) is 0 Å². The van der Waals surface area contributed by atoms with Gasteiger partial charge in [0.05, 0.1) is 18.1 Å². The van der Waals surface area contributed by atoms with Crippen molar-refractivity contribution in [2.75, 3.05) is 12.3 Å². The van der Waals surface area contributed by atoms with Crippen LogP contribution in [0.5, 0.6) is 5.75 Å². The third-order valence-electron chi connectivity index (χ3n) is 2.60. The summed E-state index contributed by atoms with van der Waals surface area (Å²) in [4.78, 5) is 10.1. The van der Waals surface area contributed by atoms with E-state index >= 15 is 0 Å². The van der Waals surface area contributed by atoms with Gasteiger partial charge in [-0.1, -0.05) is 12.1 Å². The Bertz CT molecular complexity index is 594. The largest absolute Gasteiger partial charge is 0.494 e. The molecule has 0 bridgehead atoms. The zero-order valence-electron chi connectivity index (χ0n) is 10.4. The zero-order chi connectivity index (χ0) is 13.8. The van der Waals surface area contributed by atoms with Crippen LogP contribution in [0.15, 0.2) is 30.5 Å². The van der Waals surface area contributed by atoms with Gasteiger partial charge in [-0.2, -0.15) is 5.10 Å². The highest BCUT2D eigenvalue weighted by molar-refractivity contribution is 5.51. The molecule has 0 aliphatic rings. The summed E-state index contributed by atoms with van der Waals surface area (Å²) in [6, 6.07) is 7.45. The van der Waals surface area contributed by atoms with E-state index in [0.717, 1.165) is 17.5 Å². The first-order chi connectivity index (χ1) is 9.11. The van der Waals surface area contributed by atoms with Gasteiger partial charge in [0.25, 0.3) is 0 Å². The second kappa shape index (κ2) is 5.38. The Labute approximate surface area is 109 Å². The molecule has 0 saturated heterocycles. The SMILES string of the molecule is CCOc1cccc(Cn2ncc([N+](=O)[O-])c2N)c1. The number of anilines is 1. The lowest BCUT2D eigenvalue weighted by atomic mass is 10.2. The van der Waals surface area contributed by atoms with Gasteiger partial charge in [0, 0.05) is 0 Å². The second-order valence-corrected chi connectivity index (χ2v) is 3.91. The fraction of sp³-hybridized carbons (Fsp3) is 0.250. The number of rotatable bonds is 5. The van der Waals surface area contributed by atoms with Crippen LogP contribution in [0.4, 0.5) is 11.5 Å². The number of ether oxygens (including phenoxy) is 1. The topological polar surface area (TPSA) is 96.2 Å². The van der Waals surface area contributed by atoms with Crippen molar-refractivity contribution in [2.24, 2.45) is 0 Å². The van der Waals surface area contributed by atoms with E-state index in [1.165, 1.54) is 4.68 Å². The Balaban J connectivity index is 2.21. The lowest BCUT2D eigenvalue weighted by Crippen LogP contribution is -2.07. The van der Waals surface area contributed by atoms with Crippen LogP contribution in [0.1, 0.15) is 12.5 Å². The van der Waals surface area contributed by atoms with Crippen LogP contribution in [0, 0.1) is 10.1 Å². The van der Waals surface area contributed by atoms with E-state index in [0.29, 0.717) is 13.2 Å². The first-order valence-corrected chi connectivity index (χ1v) is 5.79. The third-order valence-corrected chi connectivity index (χ3v) is 2.60. The summed E-state index contributed by atoms with van der Waals surface area (Å²) in [6.45, 7) is 2.85. The molecule has 0 spiro atoms. The summed E-state index contributed by atoms with van der Waals surface area (Å²) in [5, 5.41) is 14.6. The lowest BCUT2D eigenvalue weighted by molar-refractivity contribution is -0.384. The van der Waals surface area contributed by atoms with Crippen molar-refractivity contribution in [1.82, 2.24) is 9.78 Å². The van der Waals surface area contributed by atoms with Crippen LogP contribution in [-0.2, 0) is 6.54 Å². The minimum Gasteiger partial charge on any atom is -0.494 e. The smallest absolute Gasteiger partial charge is 0.330 e. The summed E-state index contributed by atoms with van der Waals surface area (Å²) in [7, 11) is 0. The average Bonchev–Trinajstić information content (AvgIpc) is 2.72. The van der Waals surface area contributed by atoms with E-state index in [2.05, 4.69) is 5.10 Å². The molecule has 2 N–H and O–H groups in total. The molecule has 2 aromatic rings. The molecule has 0 aliphatic heterocycles. The highest BCUT2D eigenvalue weighted by Gasteiger charge is 2.17. The molecule has 2 rings (SSSR count). The number of nitrogens with two attached hydrogens (primary N) is 1. The number of hydrogen-bond acceptors (Lipinski definition) is 5. The number of nitrogen functional groups attached to an aromatic ring is 1. The van der Waals surface area contributed by atoms with Gasteiger partial charge in [0.15, 0.2) is 0 Å². The summed E-state index contributed by atoms with van der Waals surface area (Å²) < 4.78 is 6.78. The van der Waals surface area contributed by atoms with Crippen molar-refractivity contribution < 1.29 is 9.66 Å². The molecule has 0 saturated carbocycles. The molecular formula is C12H14N4O3. The molecular weight excluding hydrogens is 248 g/mol. The Kier molecular flexibility index (Phi) is 3.65. The number of hydrogen-bond donors (Lipinski definition) is 1. The lowest BCUT2D eigenvalue weighted by Gasteiger charge is -2.07. The first-order valence-electron chi connectivity index (χ1n) is 5.79. The van der Waals surface area contributed by atoms with E-state index in [1.54, 1.807) is 0 Å². The molecule has 100 valence electrons. The van der Waals surface area contributed by atoms with E-state index in [1.807, 2.05) is 31.2 Å². The van der Waals surface area contributed by atoms with Gasteiger partial charge in [-0.05, 0) is 24.6 Å². The minimum absolute atomic E-state index is 0.0480. The van der Waals surface area contributed by atoms with Crippen molar-refractivity contribution in [3.63, 3.8) is 0 Å². The predicted molar refractivity (Wildman–Crippen MR) is 70.0 cm³/mol. The van der Waals surface area contributed by atoms with Gasteiger partial charge in [-0.3, -0.25) is 10.1 Å². The molecule has 0 amide bonds. The van der Waals surface area contributed by atoms with E-state index in [9.17, 15) is 10.1 Å². The Hall–Kier alpha value is -2.57. The van der Waals surface area contributed by atoms with E-state index < -0.39 is 4.92 Å². The second-order valence-electron chi connectivity index (χ2n) is 3.91. The van der Waals surface area contributed by atoms with Gasteiger partial charge in [-0.25, -0.2) is 4.68 Å². The molecule has 7 heteroatoms. The molecule has 1 aromatic heterocycles. The van der Waals surface area contributed by atoms with Crippen LogP contribution < -0.4 is 10.5 Å². The van der Waals surface area contributed by atoms with Gasteiger partial charge < -0.3 is 10.5 Å². The van der Waals surface area contributed by atoms with Crippen LogP contribution in [0.25, 0.3) is 0 Å². The molecule has 0 unspecified atom stereocenters. The molecule has 7 nitrogen and oxygen atoms in total. The number of aromatic nitrogens is 2. The van der Waals surface area contributed by atoms with Gasteiger partial charge >= 0.3 is 5.69 Å². The fourth-order valence-electron chi connectivity index (χ4n) is 1.72. The maximum Gasteiger partial charge on any atom is 0.330 e. The summed E-state index contributed by atoms with van der Waals surface area (Å²) in [5.41, 5.74) is 6.41. The average molecular weight is 262 g/mol. The molecule has 1 heterocycles. The van der Waals surface area contributed by atoms with E-state index in [4.69, 9.17) is 10.5 Å². The number of nitrogens with zero attached hydrogens (tertiary/aromatic N) is 3. The Morgan fingerprint density at radius 1 is 1.53 bits per heavy atom. The van der Waals surface area contributed by atoms with Crippen molar-refractivity contribution in [1.29, 1.82) is 0 Å². The molecule has 0 radical (unpaired) electrons. The van der Waals surface area contributed by atoms with Crippen molar-refractivity contribution in [3.8, 4) is 5.75 Å². The zero-order valence-corrected chi connectivity index (χ0v) is 10.4. The van der Waals surface area contributed by atoms with Crippen LogP contribution in [0.3, 0.4) is 0 Å². The highest BCUT2D eigenvalue weighted by Crippen LogP contribution is 2.21. The predicted octanol–water partition coefficient (Wildman–Crippen LogP) is 1.82. The maximum atomic E-state index is 10.7. The normalized spacial score (nSPS) is 10.4. The summed E-state index contributed by atoms with van der Waals surface area (Å²) in [5.74, 6) is 0.798. The van der Waals surface area contributed by atoms with Crippen LogP contribution in [-0.4, -0.2) is 21.3 Å². The summed E-state index contributed by atoms with van der Waals surface area (Å²) >= 11 is 0. The quantitative estimate of drug-likeness (QED) is 0.654. The summed E-state index contributed by atoms with van der Waals surface area (Å²) in [6.07, 6.45) is 1.15. The Morgan fingerprint density at radius 2 is 2.32 bits per heavy atom. The monoisotopic (exact) mass is 262 g/mol. The number of nitro groups is 1. The van der Waals surface area contributed by atoms with Crippen LogP contribution >= 0.6 is 0 Å². The highest BCUT2D eigenvalue weighted by atomic mass is 16.6. The van der Waals surface area contributed by atoms with Crippen molar-refractivity contribution in [3.05, 3.63) is 46.1 Å². The standard InChI is InChI=1S/C12H14N4O3/c1-2-19-10-5-3-4-9(6-10)8-15-12(13)11(7-14-15)16(17)18/h3-7H,2,8,13H2,1H3. The van der Waals surface area contributed by atoms with Crippen molar-refractivity contribution in [2.45, 2.75) is 13.5 Å². The van der Waals surface area contributed by atoms with Crippen molar-refractivity contribution >= 4 is 11.5 Å². The first kappa shape index (κ1) is 12.9. The molecule has 19 heavy (non-hydrogen) atoms. The molecule has 1 aromatic carbocycles. The number of benzene rings is 1. The molecule has 0 fully saturated rings. The fourth-order valence-corrected chi connectivity index (χ4v) is 1.72. The maximum absolute atomic E-state index is 10.7. The third kappa shape index (κ3) is 2.82. The van der Waals surface area contributed by atoms with Gasteiger partial charge in [0.2, 0.25) is 5.82 Å². The minimum atomic E-state index is -0.546. The molecule has 0 atom stereocenters.